The van der Waals surface area contributed by atoms with Crippen molar-refractivity contribution >= 4 is 0 Å². The molecule has 0 aromatic heterocycles. The van der Waals surface area contributed by atoms with E-state index in [1.807, 2.05) is 0 Å². The second kappa shape index (κ2) is 9.73. The normalized spacial score (nSPS) is 19.1. The Hall–Kier alpha value is 0.343. The third-order valence-electron chi connectivity index (χ3n) is 4.82. The van der Waals surface area contributed by atoms with Gasteiger partial charge in [-0.05, 0) is 0 Å². The van der Waals surface area contributed by atoms with Crippen molar-refractivity contribution in [2.75, 3.05) is 13.2 Å². The maximum absolute atomic E-state index is 9.10. The minimum Gasteiger partial charge on any atom is -1.00 e. The molecule has 2 aliphatic carbocycles. The minimum atomic E-state index is -0.557. The fourth-order valence-electron chi connectivity index (χ4n) is 3.93. The van der Waals surface area contributed by atoms with Gasteiger partial charge in [-0.25, -0.2) is 0 Å². The molecule has 126 valence electrons. The Morgan fingerprint density at radius 3 is 1.74 bits per heavy atom. The molecule has 0 saturated heterocycles. The molecule has 0 saturated carbocycles. The maximum atomic E-state index is 9.10. The van der Waals surface area contributed by atoms with Gasteiger partial charge in [-0.15, -0.1) is 0 Å². The van der Waals surface area contributed by atoms with E-state index in [0.717, 1.165) is 25.7 Å². The zero-order valence-corrected chi connectivity index (χ0v) is 17.5. The Morgan fingerprint density at radius 1 is 0.913 bits per heavy atom. The summed E-state index contributed by atoms with van der Waals surface area (Å²) in [5.74, 6) is 0.546. The van der Waals surface area contributed by atoms with E-state index in [-0.39, 0.29) is 24.8 Å². The third-order valence-corrected chi connectivity index (χ3v) is 8.63. The molecule has 0 spiro atoms. The summed E-state index contributed by atoms with van der Waals surface area (Å²) in [7, 11) is 0. The first kappa shape index (κ1) is 21.4. The first-order valence-electron chi connectivity index (χ1n) is 8.10. The molecule has 2 N–H and O–H groups in total. The van der Waals surface area contributed by atoms with Gasteiger partial charge in [-0.1, -0.05) is 0 Å². The van der Waals surface area contributed by atoms with Crippen molar-refractivity contribution in [3.8, 4) is 0 Å². The van der Waals surface area contributed by atoms with Gasteiger partial charge in [0.2, 0.25) is 0 Å². The molecule has 3 aliphatic rings. The van der Waals surface area contributed by atoms with Crippen LogP contribution in [0.2, 0.25) is 0 Å². The van der Waals surface area contributed by atoms with E-state index in [9.17, 15) is 0 Å². The molecule has 1 heterocycles. The molecule has 1 aliphatic heterocycles. The zero-order valence-electron chi connectivity index (χ0n) is 13.5. The van der Waals surface area contributed by atoms with Crippen LogP contribution >= 0.6 is 0 Å². The molecular weight excluding hydrogens is 410 g/mol. The van der Waals surface area contributed by atoms with Crippen LogP contribution in [0, 0.1) is 5.92 Å². The van der Waals surface area contributed by atoms with Crippen LogP contribution in [0.25, 0.3) is 0 Å². The fraction of sp³-hybridized carbons (Fsp3) is 0.556. The number of halogens is 2. The van der Waals surface area contributed by atoms with E-state index in [1.165, 1.54) is 24.0 Å². The summed E-state index contributed by atoms with van der Waals surface area (Å²) in [5, 5.41) is 18.2. The molecule has 0 unspecified atom stereocenters. The molecule has 23 heavy (non-hydrogen) atoms. The SMILES string of the molecule is CC1C2=[C](CC=C2CCCO)[Zr+2][C]2=C1C(CCCO)=CC2.[Cl-].[Cl-]. The van der Waals surface area contributed by atoms with Gasteiger partial charge in [0, 0.05) is 0 Å². The Labute approximate surface area is 163 Å². The van der Waals surface area contributed by atoms with Crippen molar-refractivity contribution in [3.63, 3.8) is 0 Å². The first-order valence-corrected chi connectivity index (χ1v) is 10.6. The standard InChI is InChI=1S/C18H24O2.2ClH.Zr/c1-14(17-10-2-6-15(17)8-4-12-19)18-11-3-7-16(18)9-5-13-20;;;/h6-7,14,19-20H,2-5,8-9,12-13H2,1H3;2*1H;/q;;;+2/p-2. The zero-order chi connectivity index (χ0) is 14.8. The van der Waals surface area contributed by atoms with Crippen LogP contribution in [0.3, 0.4) is 0 Å². The van der Waals surface area contributed by atoms with Crippen LogP contribution < -0.4 is 24.8 Å². The Balaban J connectivity index is 0.00000132. The molecule has 5 heteroatoms. The number of rotatable bonds is 6. The number of hydrogen-bond donors (Lipinski definition) is 2. The summed E-state index contributed by atoms with van der Waals surface area (Å²) in [4.78, 5) is 0. The van der Waals surface area contributed by atoms with Crippen LogP contribution in [-0.4, -0.2) is 23.4 Å². The molecule has 0 atom stereocenters. The third kappa shape index (κ3) is 4.31. The number of aliphatic hydroxyl groups is 2. The van der Waals surface area contributed by atoms with Gasteiger partial charge in [0.15, 0.2) is 0 Å². The van der Waals surface area contributed by atoms with Crippen LogP contribution in [0.1, 0.15) is 45.4 Å². The summed E-state index contributed by atoms with van der Waals surface area (Å²) >= 11 is -0.557. The van der Waals surface area contributed by atoms with Crippen molar-refractivity contribution in [2.45, 2.75) is 45.4 Å². The van der Waals surface area contributed by atoms with Gasteiger partial charge < -0.3 is 24.8 Å². The van der Waals surface area contributed by atoms with Crippen molar-refractivity contribution < 1.29 is 58.3 Å². The van der Waals surface area contributed by atoms with Crippen molar-refractivity contribution in [1.29, 1.82) is 0 Å². The molecule has 0 amide bonds. The van der Waals surface area contributed by atoms with Crippen molar-refractivity contribution in [1.82, 2.24) is 0 Å². The predicted octanol–water partition coefficient (Wildman–Crippen LogP) is -2.56. The monoisotopic (exact) mass is 432 g/mol. The Morgan fingerprint density at radius 2 is 1.35 bits per heavy atom. The van der Waals surface area contributed by atoms with Gasteiger partial charge in [0.25, 0.3) is 0 Å². The number of hydrogen-bond acceptors (Lipinski definition) is 2. The Bertz CT molecular complexity index is 513. The molecule has 0 aromatic carbocycles. The summed E-state index contributed by atoms with van der Waals surface area (Å²) in [6.07, 6.45) is 11.1. The molecule has 3 rings (SSSR count). The second-order valence-corrected chi connectivity index (χ2v) is 9.73. The number of aliphatic hydroxyl groups excluding tert-OH is 2. The van der Waals surface area contributed by atoms with Crippen LogP contribution in [0.5, 0.6) is 0 Å². The summed E-state index contributed by atoms with van der Waals surface area (Å²) in [5.41, 5.74) is 6.33. The summed E-state index contributed by atoms with van der Waals surface area (Å²) < 4.78 is 3.57. The number of allylic oxidation sites excluding steroid dienone is 8. The van der Waals surface area contributed by atoms with Crippen LogP contribution in [0.15, 0.2) is 41.0 Å². The molecular formula is C18H24Cl2O2Zr. The molecule has 0 bridgehead atoms. The second-order valence-electron chi connectivity index (χ2n) is 6.15. The largest absolute Gasteiger partial charge is 1.00 e. The van der Waals surface area contributed by atoms with E-state index < -0.39 is 23.2 Å². The molecule has 0 radical (unpaired) electrons. The maximum Gasteiger partial charge on any atom is -1.00 e. The van der Waals surface area contributed by atoms with Gasteiger partial charge in [0.1, 0.15) is 0 Å². The van der Waals surface area contributed by atoms with Gasteiger partial charge in [-0.3, -0.25) is 0 Å². The average Bonchev–Trinajstić information content (AvgIpc) is 3.07. The molecule has 0 fully saturated rings. The van der Waals surface area contributed by atoms with E-state index in [0.29, 0.717) is 19.1 Å². The summed E-state index contributed by atoms with van der Waals surface area (Å²) in [6.45, 7) is 2.97. The Kier molecular flexibility index (Phi) is 9.05. The van der Waals surface area contributed by atoms with E-state index in [4.69, 9.17) is 10.2 Å². The van der Waals surface area contributed by atoms with Gasteiger partial charge >= 0.3 is 139 Å². The van der Waals surface area contributed by atoms with Crippen LogP contribution in [0.4, 0.5) is 0 Å². The van der Waals surface area contributed by atoms with Gasteiger partial charge in [-0.2, -0.15) is 0 Å². The quantitative estimate of drug-likeness (QED) is 0.483. The van der Waals surface area contributed by atoms with E-state index >= 15 is 0 Å². The topological polar surface area (TPSA) is 40.5 Å². The van der Waals surface area contributed by atoms with Crippen molar-refractivity contribution in [2.24, 2.45) is 5.92 Å². The molecule has 2 nitrogen and oxygen atoms in total. The molecule has 0 aromatic rings. The first-order chi connectivity index (χ1) is 10.3. The van der Waals surface area contributed by atoms with Gasteiger partial charge in [0.05, 0.1) is 0 Å². The average molecular weight is 435 g/mol. The van der Waals surface area contributed by atoms with E-state index in [1.54, 1.807) is 17.7 Å². The van der Waals surface area contributed by atoms with Crippen molar-refractivity contribution in [3.05, 3.63) is 41.0 Å². The summed E-state index contributed by atoms with van der Waals surface area (Å²) in [6, 6.07) is 0. The fourth-order valence-corrected chi connectivity index (χ4v) is 8.35. The minimum absolute atomic E-state index is 0. The van der Waals surface area contributed by atoms with E-state index in [2.05, 4.69) is 19.1 Å². The smallest absolute Gasteiger partial charge is 1.00 e. The van der Waals surface area contributed by atoms with Crippen LogP contribution in [-0.2, 0) is 23.2 Å². The predicted molar refractivity (Wildman–Crippen MR) is 81.3 cm³/mol.